The Kier molecular flexibility index (Phi) is 7.04. The molecular formula is C22H31FN6O4S. The summed E-state index contributed by atoms with van der Waals surface area (Å²) in [6, 6.07) is 8.80. The van der Waals surface area contributed by atoms with Gasteiger partial charge in [-0.2, -0.15) is 4.31 Å². The summed E-state index contributed by atoms with van der Waals surface area (Å²) in [7, 11) is -0.663. The number of methoxy groups -OCH3 is 1. The van der Waals surface area contributed by atoms with Crippen molar-refractivity contribution in [3.8, 4) is 0 Å². The number of rotatable bonds is 7. The van der Waals surface area contributed by atoms with Gasteiger partial charge in [-0.15, -0.1) is 5.10 Å². The molecule has 2 aromatic rings. The molecule has 0 radical (unpaired) electrons. The lowest BCUT2D eigenvalue weighted by molar-refractivity contribution is -0.0947. The molecule has 4 atom stereocenters. The zero-order valence-electron chi connectivity index (χ0n) is 19.6. The zero-order valence-corrected chi connectivity index (χ0v) is 20.4. The molecule has 1 saturated heterocycles. The van der Waals surface area contributed by atoms with Crippen LogP contribution in [-0.4, -0.2) is 89.8 Å². The first-order valence-electron chi connectivity index (χ1n) is 11.3. The van der Waals surface area contributed by atoms with Gasteiger partial charge in [0.2, 0.25) is 5.03 Å². The van der Waals surface area contributed by atoms with E-state index in [0.29, 0.717) is 25.1 Å². The number of nitrogens with zero attached hydrogens (tertiary/aromatic N) is 5. The summed E-state index contributed by atoms with van der Waals surface area (Å²) >= 11 is 0. The van der Waals surface area contributed by atoms with Gasteiger partial charge < -0.3 is 10.1 Å². The van der Waals surface area contributed by atoms with Gasteiger partial charge >= 0.3 is 0 Å². The number of carbonyl (C=O) groups excluding carboxylic acids is 1. The number of sulfonamides is 1. The Labute approximate surface area is 199 Å². The number of aromatic nitrogens is 3. The lowest BCUT2D eigenvalue weighted by atomic mass is 9.83. The van der Waals surface area contributed by atoms with E-state index in [-0.39, 0.29) is 36.4 Å². The van der Waals surface area contributed by atoms with Gasteiger partial charge in [0.05, 0.1) is 11.7 Å². The number of hydrogen-bond donors (Lipinski definition) is 1. The van der Waals surface area contributed by atoms with Crippen LogP contribution in [0.5, 0.6) is 0 Å². The standard InChI is InChI=1S/C22H31FN6O4S/c1-16-13-18(23)14-22(16,21(33-3)24-20(30)17-7-5-4-6-8-17)28-9-11-29(12-10-28)34(31,32)19-15-27(2)26-25-19/h4-8,15-16,18,21H,9-14H2,1-3H3,(H,24,30). The predicted octanol–water partition coefficient (Wildman–Crippen LogP) is 1.03. The molecule has 0 spiro atoms. The summed E-state index contributed by atoms with van der Waals surface area (Å²) in [6.45, 7) is 3.14. The first-order valence-corrected chi connectivity index (χ1v) is 12.8. The van der Waals surface area contributed by atoms with E-state index in [9.17, 15) is 17.6 Å². The van der Waals surface area contributed by atoms with Crippen molar-refractivity contribution in [1.82, 2.24) is 29.5 Å². The maximum absolute atomic E-state index is 14.8. The summed E-state index contributed by atoms with van der Waals surface area (Å²) in [4.78, 5) is 15.0. The summed E-state index contributed by atoms with van der Waals surface area (Å²) in [5, 5.41) is 10.3. The van der Waals surface area contributed by atoms with E-state index < -0.39 is 28.0 Å². The molecule has 2 aliphatic rings. The fraction of sp³-hybridized carbons (Fsp3) is 0.591. The summed E-state index contributed by atoms with van der Waals surface area (Å²) < 4.78 is 49.2. The number of aryl methyl sites for hydroxylation is 1. The monoisotopic (exact) mass is 494 g/mol. The third-order valence-electron chi connectivity index (χ3n) is 7.01. The highest BCUT2D eigenvalue weighted by molar-refractivity contribution is 7.89. The van der Waals surface area contributed by atoms with Crippen LogP contribution < -0.4 is 5.32 Å². The van der Waals surface area contributed by atoms with Crippen LogP contribution in [0.15, 0.2) is 41.6 Å². The highest BCUT2D eigenvalue weighted by Crippen LogP contribution is 2.45. The first kappa shape index (κ1) is 24.7. The van der Waals surface area contributed by atoms with Crippen LogP contribution in [0.4, 0.5) is 4.39 Å². The third kappa shape index (κ3) is 4.47. The van der Waals surface area contributed by atoms with Gasteiger partial charge in [-0.1, -0.05) is 30.3 Å². The molecule has 4 unspecified atom stereocenters. The number of amides is 1. The Bertz CT molecular complexity index is 1110. The average molecular weight is 495 g/mol. The van der Waals surface area contributed by atoms with Gasteiger partial charge in [-0.3, -0.25) is 14.4 Å². The molecule has 10 nitrogen and oxygen atoms in total. The lowest BCUT2D eigenvalue weighted by Crippen LogP contribution is -2.68. The number of halogens is 1. The summed E-state index contributed by atoms with van der Waals surface area (Å²) in [5.41, 5.74) is -0.317. The Morgan fingerprint density at radius 1 is 1.24 bits per heavy atom. The average Bonchev–Trinajstić information content (AvgIpc) is 3.41. The van der Waals surface area contributed by atoms with Gasteiger partial charge in [0.15, 0.2) is 0 Å². The Balaban J connectivity index is 1.55. The van der Waals surface area contributed by atoms with Crippen LogP contribution in [0, 0.1) is 5.92 Å². The van der Waals surface area contributed by atoms with E-state index in [1.54, 1.807) is 31.3 Å². The number of nitrogens with one attached hydrogen (secondary N) is 1. The Hall–Kier alpha value is -2.41. The quantitative estimate of drug-likeness (QED) is 0.573. The molecule has 2 fully saturated rings. The van der Waals surface area contributed by atoms with E-state index >= 15 is 0 Å². The van der Waals surface area contributed by atoms with Crippen LogP contribution in [-0.2, 0) is 21.8 Å². The molecule has 4 rings (SSSR count). The molecule has 1 aliphatic heterocycles. The van der Waals surface area contributed by atoms with Crippen molar-refractivity contribution in [2.75, 3.05) is 33.3 Å². The van der Waals surface area contributed by atoms with Crippen molar-refractivity contribution in [3.63, 3.8) is 0 Å². The molecule has 1 saturated carbocycles. The topological polar surface area (TPSA) is 110 Å². The fourth-order valence-corrected chi connectivity index (χ4v) is 6.63. The number of piperazine rings is 1. The number of hydrogen-bond acceptors (Lipinski definition) is 7. The molecule has 12 heteroatoms. The maximum Gasteiger partial charge on any atom is 0.264 e. The van der Waals surface area contributed by atoms with E-state index in [1.807, 2.05) is 13.0 Å². The number of alkyl halides is 1. The number of ether oxygens (including phenoxy) is 1. The molecular weight excluding hydrogens is 463 g/mol. The van der Waals surface area contributed by atoms with Crippen molar-refractivity contribution in [3.05, 3.63) is 42.1 Å². The smallest absolute Gasteiger partial charge is 0.264 e. The second kappa shape index (κ2) is 9.68. The van der Waals surface area contributed by atoms with Crippen molar-refractivity contribution < 1.29 is 22.3 Å². The van der Waals surface area contributed by atoms with E-state index in [2.05, 4.69) is 20.5 Å². The van der Waals surface area contributed by atoms with Gasteiger partial charge in [-0.25, -0.2) is 12.8 Å². The highest BCUT2D eigenvalue weighted by atomic mass is 32.2. The van der Waals surface area contributed by atoms with Crippen molar-refractivity contribution >= 4 is 15.9 Å². The molecule has 1 aliphatic carbocycles. The van der Waals surface area contributed by atoms with E-state index in [4.69, 9.17) is 4.74 Å². The normalized spacial score (nSPS) is 27.5. The minimum atomic E-state index is -3.78. The third-order valence-corrected chi connectivity index (χ3v) is 8.77. The Morgan fingerprint density at radius 2 is 1.91 bits per heavy atom. The van der Waals surface area contributed by atoms with Gasteiger partial charge in [0, 0.05) is 52.3 Å². The van der Waals surface area contributed by atoms with Crippen molar-refractivity contribution in [2.45, 2.75) is 42.7 Å². The SMILES string of the molecule is COC(NC(=O)c1ccccc1)C1(N2CCN(S(=O)(=O)c3cn(C)nn3)CC2)CC(F)CC1C. The van der Waals surface area contributed by atoms with E-state index in [0.717, 1.165) is 0 Å². The van der Waals surface area contributed by atoms with Crippen molar-refractivity contribution in [1.29, 1.82) is 0 Å². The van der Waals surface area contributed by atoms with Gasteiger partial charge in [0.1, 0.15) is 12.4 Å². The molecule has 1 amide bonds. The second-order valence-corrected chi connectivity index (χ2v) is 10.9. The second-order valence-electron chi connectivity index (χ2n) is 9.01. The maximum atomic E-state index is 14.8. The molecule has 34 heavy (non-hydrogen) atoms. The largest absolute Gasteiger partial charge is 0.360 e. The fourth-order valence-electron chi connectivity index (χ4n) is 5.30. The van der Waals surface area contributed by atoms with Crippen LogP contribution >= 0.6 is 0 Å². The number of carbonyl (C=O) groups is 1. The van der Waals surface area contributed by atoms with Gasteiger partial charge in [-0.05, 0) is 24.5 Å². The van der Waals surface area contributed by atoms with Crippen LogP contribution in [0.25, 0.3) is 0 Å². The highest BCUT2D eigenvalue weighted by Gasteiger charge is 2.56. The van der Waals surface area contributed by atoms with E-state index in [1.165, 1.54) is 22.3 Å². The van der Waals surface area contributed by atoms with Crippen LogP contribution in [0.3, 0.4) is 0 Å². The zero-order chi connectivity index (χ0) is 24.5. The minimum absolute atomic E-state index is 0.0962. The number of benzene rings is 1. The molecule has 1 aromatic heterocycles. The summed E-state index contributed by atoms with van der Waals surface area (Å²) in [6.07, 6.45) is 0.107. The molecule has 2 heterocycles. The van der Waals surface area contributed by atoms with Crippen LogP contribution in [0.2, 0.25) is 0 Å². The summed E-state index contributed by atoms with van der Waals surface area (Å²) in [5.74, 6) is -0.420. The Morgan fingerprint density at radius 3 is 2.44 bits per heavy atom. The molecule has 0 bridgehead atoms. The molecule has 186 valence electrons. The van der Waals surface area contributed by atoms with Crippen molar-refractivity contribution in [2.24, 2.45) is 13.0 Å². The molecule has 1 N–H and O–H groups in total. The van der Waals surface area contributed by atoms with Gasteiger partial charge in [0.25, 0.3) is 15.9 Å². The van der Waals surface area contributed by atoms with Crippen LogP contribution in [0.1, 0.15) is 30.1 Å². The predicted molar refractivity (Wildman–Crippen MR) is 122 cm³/mol. The minimum Gasteiger partial charge on any atom is -0.360 e. The lowest BCUT2D eigenvalue weighted by Gasteiger charge is -2.51. The first-order chi connectivity index (χ1) is 16.2. The molecule has 1 aromatic carbocycles.